The van der Waals surface area contributed by atoms with Crippen LogP contribution in [-0.2, 0) is 28.6 Å². The van der Waals surface area contributed by atoms with Gasteiger partial charge in [0.15, 0.2) is 12.1 Å². The van der Waals surface area contributed by atoms with E-state index in [0.29, 0.717) is 19.3 Å². The molecule has 0 fully saturated rings. The molecule has 1 N–H and O–H groups in total. The number of ether oxygens (including phenoxy) is 3. The zero-order chi connectivity index (χ0) is 40.0. The Morgan fingerprint density at radius 1 is 0.556 bits per heavy atom. The van der Waals surface area contributed by atoms with Crippen LogP contribution in [-0.4, -0.2) is 80.6 Å². The van der Waals surface area contributed by atoms with Crippen molar-refractivity contribution in [1.29, 1.82) is 0 Å². The van der Waals surface area contributed by atoms with Crippen LogP contribution < -0.4 is 0 Å². The van der Waals surface area contributed by atoms with Crippen molar-refractivity contribution < 1.29 is 38.2 Å². The van der Waals surface area contributed by atoms with Gasteiger partial charge in [-0.15, -0.1) is 0 Å². The highest BCUT2D eigenvalue weighted by molar-refractivity contribution is 5.72. The van der Waals surface area contributed by atoms with Crippen molar-refractivity contribution in [2.45, 2.75) is 199 Å². The van der Waals surface area contributed by atoms with Gasteiger partial charge in [0.05, 0.1) is 34.4 Å². The Hall–Kier alpha value is -2.45. The molecule has 0 heterocycles. The van der Waals surface area contributed by atoms with Crippen molar-refractivity contribution in [1.82, 2.24) is 0 Å². The predicted octanol–water partition coefficient (Wildman–Crippen LogP) is 11.9. The van der Waals surface area contributed by atoms with Gasteiger partial charge >= 0.3 is 17.9 Å². The highest BCUT2D eigenvalue weighted by atomic mass is 16.6. The number of nitrogens with zero attached hydrogens (tertiary/aromatic N) is 1. The molecule has 0 aromatic rings. The number of allylic oxidation sites excluding steroid dienone is 6. The average Bonchev–Trinajstić information content (AvgIpc) is 3.12. The summed E-state index contributed by atoms with van der Waals surface area (Å²) in [6.07, 6.45) is 41.8. The molecule has 0 spiro atoms. The van der Waals surface area contributed by atoms with Crippen LogP contribution in [0, 0.1) is 0 Å². The minimum atomic E-state index is -0.878. The summed E-state index contributed by atoms with van der Waals surface area (Å²) >= 11 is 0. The fourth-order valence-corrected chi connectivity index (χ4v) is 6.29. The number of aliphatic carboxylic acids is 1. The number of hydrogen-bond acceptors (Lipinski definition) is 6. The van der Waals surface area contributed by atoms with Crippen LogP contribution >= 0.6 is 0 Å². The van der Waals surface area contributed by atoms with Crippen LogP contribution in [0.1, 0.15) is 187 Å². The monoisotopic (exact) mass is 763 g/mol. The summed E-state index contributed by atoms with van der Waals surface area (Å²) in [5.74, 6) is -1.50. The first kappa shape index (κ1) is 51.5. The minimum Gasteiger partial charge on any atom is -0.477 e. The molecule has 8 nitrogen and oxygen atoms in total. The molecule has 0 aromatic carbocycles. The van der Waals surface area contributed by atoms with Gasteiger partial charge in [-0.25, -0.2) is 4.79 Å². The smallest absolute Gasteiger partial charge is 0.362 e. The molecule has 0 saturated carbocycles. The Morgan fingerprint density at radius 2 is 0.981 bits per heavy atom. The lowest BCUT2D eigenvalue weighted by atomic mass is 10.1. The van der Waals surface area contributed by atoms with Gasteiger partial charge in [-0.1, -0.05) is 134 Å². The third-order valence-electron chi connectivity index (χ3n) is 9.76. The lowest BCUT2D eigenvalue weighted by Crippen LogP contribution is -2.50. The highest BCUT2D eigenvalue weighted by Gasteiger charge is 2.31. The van der Waals surface area contributed by atoms with Gasteiger partial charge in [-0.2, -0.15) is 0 Å². The van der Waals surface area contributed by atoms with Gasteiger partial charge in [0.25, 0.3) is 0 Å². The molecule has 0 aliphatic rings. The summed E-state index contributed by atoms with van der Waals surface area (Å²) in [4.78, 5) is 36.9. The Bertz CT molecular complexity index is 984. The van der Waals surface area contributed by atoms with Crippen molar-refractivity contribution in [3.63, 3.8) is 0 Å². The lowest BCUT2D eigenvalue weighted by molar-refractivity contribution is -0.887. The largest absolute Gasteiger partial charge is 0.477 e. The normalized spacial score (nSPS) is 13.3. The van der Waals surface area contributed by atoms with Crippen molar-refractivity contribution >= 4 is 17.9 Å². The zero-order valence-electron chi connectivity index (χ0n) is 35.7. The van der Waals surface area contributed by atoms with Crippen LogP contribution in [0.4, 0.5) is 0 Å². The second kappa shape index (κ2) is 37.5. The molecule has 0 radical (unpaired) electrons. The summed E-state index contributed by atoms with van der Waals surface area (Å²) in [6, 6.07) is -0.617. The van der Waals surface area contributed by atoms with Gasteiger partial charge in [-0.05, 0) is 70.6 Å². The molecule has 314 valence electrons. The number of likely N-dealkylation sites (N-methyl/N-ethyl adjacent to an activating group) is 1. The van der Waals surface area contributed by atoms with Crippen molar-refractivity contribution in [2.24, 2.45) is 0 Å². The molecule has 54 heavy (non-hydrogen) atoms. The molecule has 2 atom stereocenters. The molecule has 0 aliphatic carbocycles. The number of carboxylic acid groups (broad SMARTS) is 1. The number of unbranched alkanes of at least 4 members (excludes halogenated alkanes) is 19. The van der Waals surface area contributed by atoms with E-state index in [4.69, 9.17) is 14.2 Å². The number of carbonyl (C=O) groups excluding carboxylic acids is 2. The first-order valence-corrected chi connectivity index (χ1v) is 22.0. The van der Waals surface area contributed by atoms with Crippen molar-refractivity contribution in [3.05, 3.63) is 36.5 Å². The highest BCUT2D eigenvalue weighted by Crippen LogP contribution is 2.13. The maximum Gasteiger partial charge on any atom is 0.362 e. The number of carboxylic acids is 1. The second-order valence-electron chi connectivity index (χ2n) is 15.9. The molecule has 0 saturated heterocycles. The van der Waals surface area contributed by atoms with E-state index in [1.807, 2.05) is 21.1 Å². The first-order valence-electron chi connectivity index (χ1n) is 22.0. The number of rotatable bonds is 39. The van der Waals surface area contributed by atoms with Gasteiger partial charge in [0, 0.05) is 19.3 Å². The predicted molar refractivity (Wildman–Crippen MR) is 225 cm³/mol. The number of carbonyl (C=O) groups is 3. The summed E-state index contributed by atoms with van der Waals surface area (Å²) in [5.41, 5.74) is 0. The van der Waals surface area contributed by atoms with Crippen LogP contribution in [0.5, 0.6) is 0 Å². The van der Waals surface area contributed by atoms with Gasteiger partial charge in [0.1, 0.15) is 6.61 Å². The fraction of sp³-hybridized carbons (Fsp3) is 0.804. The van der Waals surface area contributed by atoms with Crippen molar-refractivity contribution in [2.75, 3.05) is 41.0 Å². The lowest BCUT2D eigenvalue weighted by Gasteiger charge is -2.31. The van der Waals surface area contributed by atoms with E-state index in [2.05, 4.69) is 50.3 Å². The Kier molecular flexibility index (Phi) is 35.8. The third kappa shape index (κ3) is 35.3. The number of esters is 2. The van der Waals surface area contributed by atoms with Gasteiger partial charge < -0.3 is 23.8 Å². The molecule has 0 rings (SSSR count). The SMILES string of the molecule is CCCCC/C=C/C/C=C/CCCCCCCCCC(=O)OC(COCCC(C(=O)O)[N+](C)(C)C)COC(=O)CCCCC/C=C/CCCCCCCC. The third-order valence-corrected chi connectivity index (χ3v) is 9.76. The molecule has 0 bridgehead atoms. The van der Waals surface area contributed by atoms with E-state index in [9.17, 15) is 19.5 Å². The fourth-order valence-electron chi connectivity index (χ4n) is 6.29. The molecule has 2 unspecified atom stereocenters. The van der Waals surface area contributed by atoms with Gasteiger partial charge in [0.2, 0.25) is 0 Å². The van der Waals surface area contributed by atoms with E-state index < -0.39 is 18.1 Å². The summed E-state index contributed by atoms with van der Waals surface area (Å²) in [7, 11) is 5.52. The maximum absolute atomic E-state index is 12.7. The second-order valence-corrected chi connectivity index (χ2v) is 15.9. The summed E-state index contributed by atoms with van der Waals surface area (Å²) < 4.78 is 17.2. The number of hydrogen-bond donors (Lipinski definition) is 1. The molecular formula is C46H84NO7+. The summed E-state index contributed by atoms with van der Waals surface area (Å²) in [6.45, 7) is 4.68. The zero-order valence-corrected chi connectivity index (χ0v) is 35.7. The Labute approximate surface area is 332 Å². The molecule has 0 amide bonds. The average molecular weight is 763 g/mol. The van der Waals surface area contributed by atoms with E-state index >= 15 is 0 Å². The molecular weight excluding hydrogens is 679 g/mol. The van der Waals surface area contributed by atoms with E-state index in [-0.39, 0.29) is 36.2 Å². The van der Waals surface area contributed by atoms with Gasteiger partial charge in [-0.3, -0.25) is 9.59 Å². The standard InChI is InChI=1S/C46H83NO7/c1-6-8-10-12-14-16-18-20-21-22-23-25-27-29-31-33-35-37-45(49)54-42(40-52-39-38-43(46(50)51)47(3,4)5)41-53-44(48)36-34-32-30-28-26-24-19-17-15-13-11-9-7-2/h14,16,20-21,24,26,42-43H,6-13,15,17-19,22-23,25,27-41H2,1-5H3/p+1/b16-14+,21-20+,26-24+. The Morgan fingerprint density at radius 3 is 1.50 bits per heavy atom. The topological polar surface area (TPSA) is 99.1 Å². The molecule has 0 aliphatic heterocycles. The minimum absolute atomic E-state index is 0.0541. The Balaban J connectivity index is 4.38. The molecule has 8 heteroatoms. The molecule has 0 aromatic heterocycles. The maximum atomic E-state index is 12.7. The van der Waals surface area contributed by atoms with Crippen LogP contribution in [0.25, 0.3) is 0 Å². The van der Waals surface area contributed by atoms with E-state index in [0.717, 1.165) is 64.2 Å². The quantitative estimate of drug-likeness (QED) is 0.0288. The van der Waals surface area contributed by atoms with Crippen LogP contribution in [0.15, 0.2) is 36.5 Å². The van der Waals surface area contributed by atoms with E-state index in [1.165, 1.54) is 89.9 Å². The van der Waals surface area contributed by atoms with Crippen molar-refractivity contribution in [3.8, 4) is 0 Å². The van der Waals surface area contributed by atoms with Crippen LogP contribution in [0.3, 0.4) is 0 Å². The van der Waals surface area contributed by atoms with Crippen LogP contribution in [0.2, 0.25) is 0 Å². The van der Waals surface area contributed by atoms with E-state index in [1.54, 1.807) is 0 Å². The first-order chi connectivity index (χ1) is 26.1. The summed E-state index contributed by atoms with van der Waals surface area (Å²) in [5, 5.41) is 9.61. The number of quaternary nitrogens is 1.